The van der Waals surface area contributed by atoms with Gasteiger partial charge in [0.25, 0.3) is 0 Å². The van der Waals surface area contributed by atoms with Crippen molar-refractivity contribution in [1.29, 1.82) is 0 Å². The normalized spacial score (nSPS) is 19.6. The molecule has 2 N–H and O–H groups in total. The van der Waals surface area contributed by atoms with Crippen LogP contribution in [0.4, 0.5) is 0 Å². The van der Waals surface area contributed by atoms with Gasteiger partial charge in [-0.25, -0.2) is 9.89 Å². The van der Waals surface area contributed by atoms with Crippen molar-refractivity contribution in [2.75, 3.05) is 19.0 Å². The second-order valence-electron chi connectivity index (χ2n) is 3.83. The molecule has 1 aromatic rings. The maximum Gasteiger partial charge on any atom is 0.343 e. The summed E-state index contributed by atoms with van der Waals surface area (Å²) in [5, 5.41) is 15.2. The molecule has 0 amide bonds. The molecule has 0 spiro atoms. The van der Waals surface area contributed by atoms with Gasteiger partial charge in [-0.3, -0.25) is 9.36 Å². The first kappa shape index (κ1) is 12.2. The Morgan fingerprint density at radius 1 is 1.71 bits per heavy atom. The Morgan fingerprint density at radius 3 is 3.18 bits per heavy atom. The van der Waals surface area contributed by atoms with Gasteiger partial charge < -0.3 is 9.84 Å². The molecule has 2 rings (SSSR count). The smallest absolute Gasteiger partial charge is 0.343 e. The minimum atomic E-state index is -0.929. The molecule has 1 aliphatic rings. The molecule has 1 saturated heterocycles. The number of nitrogens with one attached hydrogen (secondary N) is 1. The average Bonchev–Trinajstić information content (AvgIpc) is 2.89. The van der Waals surface area contributed by atoms with E-state index in [1.54, 1.807) is 0 Å². The molecule has 0 aromatic carbocycles. The first-order chi connectivity index (χ1) is 8.16. The van der Waals surface area contributed by atoms with E-state index in [1.165, 1.54) is 4.57 Å². The molecule has 0 radical (unpaired) electrons. The molecule has 1 fully saturated rings. The summed E-state index contributed by atoms with van der Waals surface area (Å²) in [5.41, 5.74) is -0.301. The highest BCUT2D eigenvalue weighted by atomic mass is 32.2. The average molecular weight is 259 g/mol. The van der Waals surface area contributed by atoms with Gasteiger partial charge >= 0.3 is 11.7 Å². The van der Waals surface area contributed by atoms with E-state index in [4.69, 9.17) is 9.84 Å². The zero-order valence-electron chi connectivity index (χ0n) is 9.09. The van der Waals surface area contributed by atoms with E-state index in [1.807, 2.05) is 0 Å². The van der Waals surface area contributed by atoms with Crippen LogP contribution in [0.25, 0.3) is 0 Å². The Kier molecular flexibility index (Phi) is 3.85. The van der Waals surface area contributed by atoms with Crippen molar-refractivity contribution >= 4 is 17.7 Å². The van der Waals surface area contributed by atoms with Crippen molar-refractivity contribution in [2.24, 2.45) is 5.92 Å². The minimum Gasteiger partial charge on any atom is -0.481 e. The highest BCUT2D eigenvalue weighted by Crippen LogP contribution is 2.18. The highest BCUT2D eigenvalue weighted by Gasteiger charge is 2.19. The Bertz CT molecular complexity index is 449. The van der Waals surface area contributed by atoms with E-state index in [9.17, 15) is 9.59 Å². The lowest BCUT2D eigenvalue weighted by atomic mass is 10.1. The fraction of sp³-hybridized carbons (Fsp3) is 0.667. The number of hydrogen-bond donors (Lipinski definition) is 2. The van der Waals surface area contributed by atoms with Crippen LogP contribution in [0.3, 0.4) is 0 Å². The van der Waals surface area contributed by atoms with Crippen LogP contribution in [0, 0.1) is 5.92 Å². The molecule has 7 nitrogen and oxygen atoms in total. The van der Waals surface area contributed by atoms with Gasteiger partial charge in [-0.05, 0) is 6.42 Å². The van der Waals surface area contributed by atoms with E-state index in [0.717, 1.165) is 24.8 Å². The summed E-state index contributed by atoms with van der Waals surface area (Å²) in [6, 6.07) is 0. The van der Waals surface area contributed by atoms with Crippen LogP contribution in [0.1, 0.15) is 6.42 Å². The summed E-state index contributed by atoms with van der Waals surface area (Å²) in [6.07, 6.45) is 0.917. The van der Waals surface area contributed by atoms with Crippen LogP contribution in [0.5, 0.6) is 0 Å². The summed E-state index contributed by atoms with van der Waals surface area (Å²) < 4.78 is 6.72. The molecule has 1 aliphatic heterocycles. The summed E-state index contributed by atoms with van der Waals surface area (Å²) in [4.78, 5) is 22.0. The van der Waals surface area contributed by atoms with E-state index in [0.29, 0.717) is 24.2 Å². The predicted octanol–water partition coefficient (Wildman–Crippen LogP) is -0.215. The number of hydrogen-bond acceptors (Lipinski definition) is 5. The van der Waals surface area contributed by atoms with Crippen molar-refractivity contribution in [3.8, 4) is 0 Å². The van der Waals surface area contributed by atoms with Gasteiger partial charge in [0.1, 0.15) is 0 Å². The van der Waals surface area contributed by atoms with E-state index < -0.39 is 5.97 Å². The van der Waals surface area contributed by atoms with Crippen molar-refractivity contribution in [2.45, 2.75) is 18.1 Å². The first-order valence-corrected chi connectivity index (χ1v) is 6.23. The lowest BCUT2D eigenvalue weighted by molar-refractivity contribution is -0.133. The quantitative estimate of drug-likeness (QED) is 0.710. The number of aliphatic carboxylic acids is 1. The zero-order valence-corrected chi connectivity index (χ0v) is 9.90. The molecule has 8 heteroatoms. The monoisotopic (exact) mass is 259 g/mol. The van der Waals surface area contributed by atoms with Gasteiger partial charge in [0.2, 0.25) is 0 Å². The van der Waals surface area contributed by atoms with Crippen LogP contribution in [-0.4, -0.2) is 44.8 Å². The van der Waals surface area contributed by atoms with Crippen LogP contribution >= 0.6 is 11.8 Å². The number of aromatic nitrogens is 3. The molecule has 1 aromatic heterocycles. The Morgan fingerprint density at radius 2 is 2.53 bits per heavy atom. The number of nitrogens with zero attached hydrogens (tertiary/aromatic N) is 2. The number of ether oxygens (including phenoxy) is 1. The first-order valence-electron chi connectivity index (χ1n) is 5.24. The lowest BCUT2D eigenvalue weighted by Crippen LogP contribution is -2.22. The molecule has 1 unspecified atom stereocenters. The van der Waals surface area contributed by atoms with Gasteiger partial charge in [-0.15, -0.1) is 5.10 Å². The Hall–Kier alpha value is -1.28. The summed E-state index contributed by atoms with van der Waals surface area (Å²) in [6.45, 7) is 1.88. The number of thioether (sulfide) groups is 1. The van der Waals surface area contributed by atoms with Gasteiger partial charge in [0, 0.05) is 19.1 Å². The van der Waals surface area contributed by atoms with Crippen molar-refractivity contribution in [1.82, 2.24) is 14.8 Å². The van der Waals surface area contributed by atoms with E-state index in [2.05, 4.69) is 10.2 Å². The Balaban J connectivity index is 2.05. The Labute approximate surface area is 101 Å². The highest BCUT2D eigenvalue weighted by molar-refractivity contribution is 7.99. The van der Waals surface area contributed by atoms with Crippen LogP contribution in [0.15, 0.2) is 9.95 Å². The van der Waals surface area contributed by atoms with Crippen molar-refractivity contribution in [3.63, 3.8) is 0 Å². The molecule has 1 atom stereocenters. The van der Waals surface area contributed by atoms with E-state index >= 15 is 0 Å². The summed E-state index contributed by atoms with van der Waals surface area (Å²) >= 11 is 1.04. The molecule has 2 heterocycles. The fourth-order valence-electron chi connectivity index (χ4n) is 1.69. The molecule has 0 saturated carbocycles. The number of carbonyl (C=O) groups is 1. The number of carboxylic acid groups (broad SMARTS) is 1. The molecular formula is C9H13N3O4S. The van der Waals surface area contributed by atoms with Crippen LogP contribution < -0.4 is 5.69 Å². The van der Waals surface area contributed by atoms with Gasteiger partial charge in [-0.1, -0.05) is 11.8 Å². The van der Waals surface area contributed by atoms with Gasteiger partial charge in [0.15, 0.2) is 5.16 Å². The second kappa shape index (κ2) is 5.37. The number of rotatable bonds is 5. The lowest BCUT2D eigenvalue weighted by Gasteiger charge is -2.08. The molecule has 17 heavy (non-hydrogen) atoms. The van der Waals surface area contributed by atoms with Crippen LogP contribution in [0.2, 0.25) is 0 Å². The molecule has 0 bridgehead atoms. The number of H-pyrrole nitrogens is 1. The topological polar surface area (TPSA) is 97.2 Å². The second-order valence-corrected chi connectivity index (χ2v) is 4.78. The summed E-state index contributed by atoms with van der Waals surface area (Å²) in [7, 11) is 0. The standard InChI is InChI=1S/C9H13N3O4S/c13-7(14)5-17-9-11-10-8(15)12(9)3-6-1-2-16-4-6/h6H,1-5H2,(H,10,15)(H,13,14). The van der Waals surface area contributed by atoms with Gasteiger partial charge in [0.05, 0.1) is 12.4 Å². The predicted molar refractivity (Wildman–Crippen MR) is 60.1 cm³/mol. The fourth-order valence-corrected chi connectivity index (χ4v) is 2.36. The maximum atomic E-state index is 11.5. The maximum absolute atomic E-state index is 11.5. The number of carboxylic acids is 1. The largest absolute Gasteiger partial charge is 0.481 e. The molecule has 0 aliphatic carbocycles. The third-order valence-corrected chi connectivity index (χ3v) is 3.47. The zero-order chi connectivity index (χ0) is 12.3. The van der Waals surface area contributed by atoms with Crippen molar-refractivity contribution in [3.05, 3.63) is 10.5 Å². The van der Waals surface area contributed by atoms with Gasteiger partial charge in [-0.2, -0.15) is 0 Å². The molecule has 94 valence electrons. The molecular weight excluding hydrogens is 246 g/mol. The minimum absolute atomic E-state index is 0.106. The SMILES string of the molecule is O=C(O)CSc1n[nH]c(=O)n1CC1CCOC1. The summed E-state index contributed by atoms with van der Waals surface area (Å²) in [5.74, 6) is -0.735. The van der Waals surface area contributed by atoms with E-state index in [-0.39, 0.29) is 11.4 Å². The third kappa shape index (κ3) is 3.10. The van der Waals surface area contributed by atoms with Crippen LogP contribution in [-0.2, 0) is 16.1 Å². The number of aromatic amines is 1. The van der Waals surface area contributed by atoms with Crippen molar-refractivity contribution < 1.29 is 14.6 Å². The third-order valence-electron chi connectivity index (χ3n) is 2.51.